The van der Waals surface area contributed by atoms with Gasteiger partial charge in [-0.25, -0.2) is 14.4 Å². The molecule has 1 aromatic carbocycles. The molecule has 1 aliphatic carbocycles. The molecule has 2 aromatic heterocycles. The third-order valence-electron chi connectivity index (χ3n) is 4.07. The van der Waals surface area contributed by atoms with E-state index in [4.69, 9.17) is 4.74 Å². The molecule has 27 heavy (non-hydrogen) atoms. The van der Waals surface area contributed by atoms with Gasteiger partial charge in [-0.2, -0.15) is 13.8 Å². The van der Waals surface area contributed by atoms with Crippen molar-refractivity contribution in [2.45, 2.75) is 38.2 Å². The van der Waals surface area contributed by atoms with Crippen LogP contribution in [0.2, 0.25) is 0 Å². The van der Waals surface area contributed by atoms with Crippen molar-refractivity contribution in [1.29, 1.82) is 0 Å². The van der Waals surface area contributed by atoms with E-state index in [1.807, 2.05) is 0 Å². The van der Waals surface area contributed by atoms with E-state index < -0.39 is 17.6 Å². The zero-order valence-corrected chi connectivity index (χ0v) is 14.3. The molecule has 0 spiro atoms. The van der Waals surface area contributed by atoms with Gasteiger partial charge in [-0.05, 0) is 30.5 Å². The van der Waals surface area contributed by atoms with Crippen LogP contribution in [0, 0.1) is 5.82 Å². The monoisotopic (exact) mass is 376 g/mol. The first-order valence-electron chi connectivity index (χ1n) is 8.35. The molecule has 0 aliphatic heterocycles. The highest BCUT2D eigenvalue weighted by atomic mass is 19.3. The lowest BCUT2D eigenvalue weighted by Crippen LogP contribution is -2.07. The van der Waals surface area contributed by atoms with Crippen molar-refractivity contribution in [2.24, 2.45) is 0 Å². The predicted octanol–water partition coefficient (Wildman–Crippen LogP) is 4.23. The molecule has 0 atom stereocenters. The van der Waals surface area contributed by atoms with E-state index in [-0.39, 0.29) is 18.0 Å². The van der Waals surface area contributed by atoms with Crippen LogP contribution < -0.4 is 4.74 Å². The molecular formula is C18H15F3N4O2. The molecule has 0 amide bonds. The summed E-state index contributed by atoms with van der Waals surface area (Å²) in [4.78, 5) is 12.0. The second kappa shape index (κ2) is 6.64. The Balaban J connectivity index is 1.44. The minimum absolute atomic E-state index is 0.0323. The van der Waals surface area contributed by atoms with Gasteiger partial charge in [0.1, 0.15) is 18.2 Å². The number of hydrogen-bond acceptors (Lipinski definition) is 6. The normalized spacial score (nSPS) is 14.4. The second-order valence-corrected chi connectivity index (χ2v) is 6.47. The topological polar surface area (TPSA) is 73.9 Å². The molecule has 0 radical (unpaired) electrons. The summed E-state index contributed by atoms with van der Waals surface area (Å²) in [5, 5.41) is 3.41. The van der Waals surface area contributed by atoms with Crippen LogP contribution in [-0.4, -0.2) is 20.1 Å². The molecule has 0 bridgehead atoms. The summed E-state index contributed by atoms with van der Waals surface area (Å²) in [6.07, 6.45) is 5.42. The van der Waals surface area contributed by atoms with Gasteiger partial charge in [-0.1, -0.05) is 11.2 Å². The lowest BCUT2D eigenvalue weighted by atomic mass is 10.1. The number of benzene rings is 1. The van der Waals surface area contributed by atoms with Crippen LogP contribution in [0.1, 0.15) is 43.0 Å². The van der Waals surface area contributed by atoms with Crippen molar-refractivity contribution in [3.63, 3.8) is 0 Å². The molecule has 3 aromatic rings. The average Bonchev–Trinajstić information content (AvgIpc) is 3.36. The Morgan fingerprint density at radius 1 is 1.22 bits per heavy atom. The van der Waals surface area contributed by atoms with Crippen molar-refractivity contribution >= 4 is 0 Å². The summed E-state index contributed by atoms with van der Waals surface area (Å²) in [5.41, 5.74) is 0.516. The Kier molecular flexibility index (Phi) is 4.29. The van der Waals surface area contributed by atoms with Crippen LogP contribution in [0.15, 0.2) is 35.1 Å². The molecule has 4 rings (SSSR count). The van der Waals surface area contributed by atoms with Gasteiger partial charge in [0.05, 0.1) is 18.0 Å². The molecule has 140 valence electrons. The number of rotatable bonds is 6. The molecule has 1 saturated carbocycles. The maximum atomic E-state index is 14.3. The summed E-state index contributed by atoms with van der Waals surface area (Å²) >= 11 is 0. The van der Waals surface area contributed by atoms with E-state index >= 15 is 0 Å². The molecule has 2 heterocycles. The van der Waals surface area contributed by atoms with E-state index in [1.165, 1.54) is 12.1 Å². The average molecular weight is 376 g/mol. The fourth-order valence-corrected chi connectivity index (χ4v) is 2.46. The number of ether oxygens (including phenoxy) is 1. The maximum absolute atomic E-state index is 14.3. The van der Waals surface area contributed by atoms with Gasteiger partial charge in [0, 0.05) is 12.8 Å². The largest absolute Gasteiger partial charge is 0.486 e. The Labute approximate surface area is 152 Å². The quantitative estimate of drug-likeness (QED) is 0.641. The fourth-order valence-electron chi connectivity index (χ4n) is 2.46. The summed E-state index contributed by atoms with van der Waals surface area (Å²) in [6, 6.07) is 4.22. The molecule has 0 unspecified atom stereocenters. The smallest absolute Gasteiger partial charge is 0.322 e. The fraction of sp³-hybridized carbons (Fsp3) is 0.333. The van der Waals surface area contributed by atoms with Crippen LogP contribution in [-0.2, 0) is 12.5 Å². The van der Waals surface area contributed by atoms with E-state index in [2.05, 4.69) is 24.6 Å². The Hall–Kier alpha value is -2.97. The molecule has 1 fully saturated rings. The van der Waals surface area contributed by atoms with Gasteiger partial charge in [-0.15, -0.1) is 0 Å². The third-order valence-corrected chi connectivity index (χ3v) is 4.07. The number of aromatic nitrogens is 4. The van der Waals surface area contributed by atoms with E-state index in [1.54, 1.807) is 18.5 Å². The van der Waals surface area contributed by atoms with E-state index in [0.29, 0.717) is 24.2 Å². The first-order chi connectivity index (χ1) is 12.9. The summed E-state index contributed by atoms with van der Waals surface area (Å²) < 4.78 is 50.7. The second-order valence-electron chi connectivity index (χ2n) is 6.47. The summed E-state index contributed by atoms with van der Waals surface area (Å²) in [7, 11) is 0. The summed E-state index contributed by atoms with van der Waals surface area (Å²) in [6.45, 7) is 0.732. The lowest BCUT2D eigenvalue weighted by molar-refractivity contribution is -0.0158. The predicted molar refractivity (Wildman–Crippen MR) is 87.6 cm³/mol. The van der Waals surface area contributed by atoms with Crippen LogP contribution in [0.4, 0.5) is 13.2 Å². The molecule has 6 nitrogen and oxygen atoms in total. The third kappa shape index (κ3) is 3.91. The van der Waals surface area contributed by atoms with Gasteiger partial charge in [0.15, 0.2) is 5.75 Å². The standard InChI is InChI=1S/C18H15F3N4O2/c1-18(20,21)17-24-16(25-27-17)13-5-2-10(6-14(13)19)9-26-12-7-22-15(23-8-12)11-3-4-11/h2,5-8,11H,3-4,9H2,1H3. The first kappa shape index (κ1) is 17.4. The summed E-state index contributed by atoms with van der Waals surface area (Å²) in [5.74, 6) is -3.29. The van der Waals surface area contributed by atoms with E-state index in [0.717, 1.165) is 18.7 Å². The molecule has 1 aliphatic rings. The van der Waals surface area contributed by atoms with Gasteiger partial charge in [0.25, 0.3) is 5.89 Å². The van der Waals surface area contributed by atoms with Crippen LogP contribution in [0.25, 0.3) is 11.4 Å². The Morgan fingerprint density at radius 2 is 1.96 bits per heavy atom. The maximum Gasteiger partial charge on any atom is 0.322 e. The van der Waals surface area contributed by atoms with Crippen molar-refractivity contribution in [3.8, 4) is 17.1 Å². The molecule has 0 saturated heterocycles. The van der Waals surface area contributed by atoms with Crippen molar-refractivity contribution < 1.29 is 22.4 Å². The highest BCUT2D eigenvalue weighted by Gasteiger charge is 2.32. The van der Waals surface area contributed by atoms with Gasteiger partial charge >= 0.3 is 5.92 Å². The highest BCUT2D eigenvalue weighted by molar-refractivity contribution is 5.55. The minimum Gasteiger partial charge on any atom is -0.486 e. The van der Waals surface area contributed by atoms with Crippen LogP contribution >= 0.6 is 0 Å². The van der Waals surface area contributed by atoms with Gasteiger partial charge in [-0.3, -0.25) is 0 Å². The van der Waals surface area contributed by atoms with Gasteiger partial charge in [0.2, 0.25) is 5.82 Å². The number of alkyl halides is 2. The zero-order chi connectivity index (χ0) is 19.0. The van der Waals surface area contributed by atoms with Crippen LogP contribution in [0.5, 0.6) is 5.75 Å². The number of hydrogen-bond donors (Lipinski definition) is 0. The number of nitrogens with zero attached hydrogens (tertiary/aromatic N) is 4. The number of halogens is 3. The molecule has 9 heteroatoms. The first-order valence-corrected chi connectivity index (χ1v) is 8.35. The zero-order valence-electron chi connectivity index (χ0n) is 14.3. The van der Waals surface area contributed by atoms with Crippen molar-refractivity contribution in [1.82, 2.24) is 20.1 Å². The van der Waals surface area contributed by atoms with E-state index in [9.17, 15) is 13.2 Å². The Bertz CT molecular complexity index is 950. The van der Waals surface area contributed by atoms with Crippen molar-refractivity contribution in [2.75, 3.05) is 0 Å². The minimum atomic E-state index is -3.29. The molecule has 0 N–H and O–H groups in total. The van der Waals surface area contributed by atoms with Crippen LogP contribution in [0.3, 0.4) is 0 Å². The lowest BCUT2D eigenvalue weighted by Gasteiger charge is -2.07. The molecular weight excluding hydrogens is 361 g/mol. The van der Waals surface area contributed by atoms with Gasteiger partial charge < -0.3 is 9.26 Å². The Morgan fingerprint density at radius 3 is 2.56 bits per heavy atom. The van der Waals surface area contributed by atoms with Crippen molar-refractivity contribution in [3.05, 3.63) is 53.7 Å². The highest BCUT2D eigenvalue weighted by Crippen LogP contribution is 2.37. The SMILES string of the molecule is CC(F)(F)c1nc(-c2ccc(COc3cnc(C4CC4)nc3)cc2F)no1.